The Morgan fingerprint density at radius 2 is 2.04 bits per heavy atom. The third kappa shape index (κ3) is 4.44. The van der Waals surface area contributed by atoms with Crippen LogP contribution in [0.2, 0.25) is 5.02 Å². The Hall–Kier alpha value is -2.62. The second-order valence-electron chi connectivity index (χ2n) is 5.13. The van der Waals surface area contributed by atoms with Crippen molar-refractivity contribution in [2.45, 2.75) is 12.5 Å². The SMILES string of the molecule is COCCC(Nc1ccc(C#N)cc1[N+](=O)[O-])c1ccc(Cl)cc1. The minimum absolute atomic E-state index is 0.134. The van der Waals surface area contributed by atoms with Gasteiger partial charge in [-0.15, -0.1) is 0 Å². The van der Waals surface area contributed by atoms with Crippen molar-refractivity contribution in [3.63, 3.8) is 0 Å². The Labute approximate surface area is 144 Å². The number of hydrogen-bond donors (Lipinski definition) is 1. The zero-order chi connectivity index (χ0) is 17.5. The molecule has 1 N–H and O–H groups in total. The molecule has 0 radical (unpaired) electrons. The molecule has 0 aliphatic rings. The summed E-state index contributed by atoms with van der Waals surface area (Å²) in [6, 6.07) is 13.3. The third-order valence-corrected chi connectivity index (χ3v) is 3.79. The van der Waals surface area contributed by atoms with Crippen molar-refractivity contribution in [2.24, 2.45) is 0 Å². The van der Waals surface area contributed by atoms with Crippen molar-refractivity contribution in [1.82, 2.24) is 0 Å². The number of nitro benzene ring substituents is 1. The highest BCUT2D eigenvalue weighted by Gasteiger charge is 2.19. The van der Waals surface area contributed by atoms with E-state index in [0.717, 1.165) is 5.56 Å². The van der Waals surface area contributed by atoms with Gasteiger partial charge in [0.2, 0.25) is 0 Å². The summed E-state index contributed by atoms with van der Waals surface area (Å²) in [5.74, 6) is 0. The van der Waals surface area contributed by atoms with Crippen LogP contribution in [0, 0.1) is 21.4 Å². The number of nitrogens with one attached hydrogen (secondary N) is 1. The Morgan fingerprint density at radius 3 is 2.62 bits per heavy atom. The fourth-order valence-electron chi connectivity index (χ4n) is 2.31. The lowest BCUT2D eigenvalue weighted by atomic mass is 10.0. The first-order valence-corrected chi connectivity index (χ1v) is 7.62. The molecule has 1 unspecified atom stereocenters. The van der Waals surface area contributed by atoms with Crippen molar-refractivity contribution >= 4 is 23.0 Å². The number of nitro groups is 1. The summed E-state index contributed by atoms with van der Waals surface area (Å²) in [6.07, 6.45) is 0.620. The van der Waals surface area contributed by atoms with Crippen LogP contribution in [0.25, 0.3) is 0 Å². The summed E-state index contributed by atoms with van der Waals surface area (Å²) in [6.45, 7) is 0.490. The van der Waals surface area contributed by atoms with E-state index in [1.54, 1.807) is 31.4 Å². The van der Waals surface area contributed by atoms with Crippen molar-refractivity contribution in [1.29, 1.82) is 5.26 Å². The first-order chi connectivity index (χ1) is 11.5. The van der Waals surface area contributed by atoms with Crippen LogP contribution in [-0.2, 0) is 4.74 Å². The molecule has 0 aliphatic carbocycles. The van der Waals surface area contributed by atoms with Gasteiger partial charge in [0.1, 0.15) is 5.69 Å². The molecule has 6 nitrogen and oxygen atoms in total. The first kappa shape index (κ1) is 17.7. The van der Waals surface area contributed by atoms with Crippen molar-refractivity contribution in [3.8, 4) is 6.07 Å². The lowest BCUT2D eigenvalue weighted by Gasteiger charge is -2.20. The fourth-order valence-corrected chi connectivity index (χ4v) is 2.44. The van der Waals surface area contributed by atoms with Gasteiger partial charge in [-0.2, -0.15) is 5.26 Å². The van der Waals surface area contributed by atoms with Gasteiger partial charge in [0, 0.05) is 24.8 Å². The van der Waals surface area contributed by atoms with E-state index in [-0.39, 0.29) is 17.3 Å². The number of benzene rings is 2. The van der Waals surface area contributed by atoms with Crippen LogP contribution in [0.4, 0.5) is 11.4 Å². The molecule has 7 heteroatoms. The standard InChI is InChI=1S/C17H16ClN3O3/c1-24-9-8-15(13-3-5-14(18)6-4-13)20-16-7-2-12(11-19)10-17(16)21(22)23/h2-7,10,15,20H,8-9H2,1H3. The highest BCUT2D eigenvalue weighted by molar-refractivity contribution is 6.30. The number of rotatable bonds is 7. The fraction of sp³-hybridized carbons (Fsp3) is 0.235. The molecule has 1 atom stereocenters. The largest absolute Gasteiger partial charge is 0.385 e. The Kier molecular flexibility index (Phi) is 6.13. The molecule has 124 valence electrons. The molecular formula is C17H16ClN3O3. The topological polar surface area (TPSA) is 88.2 Å². The Morgan fingerprint density at radius 1 is 1.33 bits per heavy atom. The summed E-state index contributed by atoms with van der Waals surface area (Å²) < 4.78 is 5.13. The second kappa shape index (κ2) is 8.29. The number of hydrogen-bond acceptors (Lipinski definition) is 5. The van der Waals surface area contributed by atoms with Gasteiger partial charge in [-0.25, -0.2) is 0 Å². The summed E-state index contributed by atoms with van der Waals surface area (Å²) in [5.41, 5.74) is 1.41. The molecule has 0 amide bonds. The van der Waals surface area contributed by atoms with Gasteiger partial charge < -0.3 is 10.1 Å². The number of halogens is 1. The van der Waals surface area contributed by atoms with E-state index in [0.29, 0.717) is 23.7 Å². The Balaban J connectivity index is 2.34. The summed E-state index contributed by atoms with van der Waals surface area (Å²) in [7, 11) is 1.60. The van der Waals surface area contributed by atoms with E-state index in [9.17, 15) is 10.1 Å². The zero-order valence-electron chi connectivity index (χ0n) is 13.0. The second-order valence-corrected chi connectivity index (χ2v) is 5.57. The summed E-state index contributed by atoms with van der Waals surface area (Å²) in [4.78, 5) is 10.8. The lowest BCUT2D eigenvalue weighted by Crippen LogP contribution is -2.14. The van der Waals surface area contributed by atoms with Crippen LogP contribution in [0.5, 0.6) is 0 Å². The average molecular weight is 346 g/mol. The number of nitrogens with zero attached hydrogens (tertiary/aromatic N) is 2. The maximum absolute atomic E-state index is 11.3. The van der Waals surface area contributed by atoms with Crippen LogP contribution >= 0.6 is 11.6 Å². The predicted molar refractivity (Wildman–Crippen MR) is 92.1 cm³/mol. The third-order valence-electron chi connectivity index (χ3n) is 3.54. The normalized spacial score (nSPS) is 11.5. The van der Waals surface area contributed by atoms with Gasteiger partial charge in [0.15, 0.2) is 0 Å². The first-order valence-electron chi connectivity index (χ1n) is 7.24. The Bertz CT molecular complexity index is 757. The maximum atomic E-state index is 11.3. The minimum Gasteiger partial charge on any atom is -0.385 e. The molecular weight excluding hydrogens is 330 g/mol. The van der Waals surface area contributed by atoms with E-state index in [4.69, 9.17) is 21.6 Å². The number of anilines is 1. The smallest absolute Gasteiger partial charge is 0.293 e. The molecule has 0 heterocycles. The zero-order valence-corrected chi connectivity index (χ0v) is 13.8. The van der Waals surface area contributed by atoms with Gasteiger partial charge in [-0.05, 0) is 36.2 Å². The van der Waals surface area contributed by atoms with E-state index in [1.165, 1.54) is 6.07 Å². The van der Waals surface area contributed by atoms with Gasteiger partial charge >= 0.3 is 0 Å². The molecule has 0 aliphatic heterocycles. The van der Waals surface area contributed by atoms with Crippen LogP contribution < -0.4 is 5.32 Å². The van der Waals surface area contributed by atoms with E-state index in [2.05, 4.69) is 5.32 Å². The lowest BCUT2D eigenvalue weighted by molar-refractivity contribution is -0.384. The molecule has 0 spiro atoms. The molecule has 2 aromatic rings. The van der Waals surface area contributed by atoms with Crippen LogP contribution in [-0.4, -0.2) is 18.6 Å². The molecule has 0 aromatic heterocycles. The molecule has 0 bridgehead atoms. The van der Waals surface area contributed by atoms with Crippen molar-refractivity contribution < 1.29 is 9.66 Å². The van der Waals surface area contributed by atoms with Crippen molar-refractivity contribution in [2.75, 3.05) is 19.0 Å². The van der Waals surface area contributed by atoms with Crippen LogP contribution in [0.1, 0.15) is 23.6 Å². The molecule has 0 fully saturated rings. The quantitative estimate of drug-likeness (QED) is 0.596. The highest BCUT2D eigenvalue weighted by atomic mass is 35.5. The number of nitriles is 1. The monoisotopic (exact) mass is 345 g/mol. The van der Waals surface area contributed by atoms with Crippen LogP contribution in [0.15, 0.2) is 42.5 Å². The molecule has 2 aromatic carbocycles. The summed E-state index contributed by atoms with van der Waals surface area (Å²) >= 11 is 5.92. The number of ether oxygens (including phenoxy) is 1. The maximum Gasteiger partial charge on any atom is 0.293 e. The van der Waals surface area contributed by atoms with Crippen molar-refractivity contribution in [3.05, 3.63) is 68.7 Å². The molecule has 0 saturated heterocycles. The molecule has 0 saturated carbocycles. The van der Waals surface area contributed by atoms with Crippen LogP contribution in [0.3, 0.4) is 0 Å². The van der Waals surface area contributed by atoms with Gasteiger partial charge in [-0.1, -0.05) is 23.7 Å². The minimum atomic E-state index is -0.502. The molecule has 24 heavy (non-hydrogen) atoms. The van der Waals surface area contributed by atoms with Gasteiger partial charge in [0.25, 0.3) is 5.69 Å². The van der Waals surface area contributed by atoms with Gasteiger partial charge in [-0.3, -0.25) is 10.1 Å². The predicted octanol–water partition coefficient (Wildman–Crippen LogP) is 4.31. The highest BCUT2D eigenvalue weighted by Crippen LogP contribution is 2.31. The molecule has 2 rings (SSSR count). The average Bonchev–Trinajstić information content (AvgIpc) is 2.59. The number of methoxy groups -OCH3 is 1. The van der Waals surface area contributed by atoms with E-state index in [1.807, 2.05) is 18.2 Å². The van der Waals surface area contributed by atoms with E-state index >= 15 is 0 Å². The van der Waals surface area contributed by atoms with E-state index < -0.39 is 4.92 Å². The summed E-state index contributed by atoms with van der Waals surface area (Å²) in [5, 5.41) is 24.0. The van der Waals surface area contributed by atoms with Gasteiger partial charge in [0.05, 0.1) is 22.6 Å².